The van der Waals surface area contributed by atoms with Crippen LogP contribution in [0.5, 0.6) is 0 Å². The number of ether oxygens (including phenoxy) is 2. The molecule has 26 nitrogen and oxygen atoms in total. The van der Waals surface area contributed by atoms with Crippen LogP contribution in [-0.4, -0.2) is 289 Å². The molecule has 109 heavy (non-hydrogen) atoms. The number of nitrogens with zero attached hydrogens (tertiary/aromatic N) is 9. The zero-order chi connectivity index (χ0) is 80.9. The van der Waals surface area contributed by atoms with Gasteiger partial charge in [-0.05, 0) is 159 Å². The fraction of sp³-hybridized carbons (Fsp3) is 0.818. The minimum absolute atomic E-state index is 0.0355. The molecule has 7 rings (SSSR count). The van der Waals surface area contributed by atoms with Gasteiger partial charge in [-0.1, -0.05) is 59.1 Å². The normalized spacial score (nSPS) is 31.1. The number of amides is 12. The number of hydrogen-bond acceptors (Lipinski definition) is 14. The number of rotatable bonds is 15. The third kappa shape index (κ3) is 22.0. The highest BCUT2D eigenvalue weighted by Gasteiger charge is 2.55. The molecular weight excluding hydrogens is 1430 g/mol. The van der Waals surface area contributed by atoms with Gasteiger partial charge in [0, 0.05) is 89.1 Å². The molecule has 2 bridgehead atoms. The highest BCUT2D eigenvalue weighted by atomic mass is 19.4. The van der Waals surface area contributed by atoms with Crippen LogP contribution in [0.3, 0.4) is 0 Å². The molecule has 3 unspecified atom stereocenters. The lowest BCUT2D eigenvalue weighted by Gasteiger charge is -2.46. The monoisotopic (exact) mass is 1550 g/mol. The first-order valence-electron chi connectivity index (χ1n) is 39.5. The van der Waals surface area contributed by atoms with Gasteiger partial charge >= 0.3 is 12.4 Å². The predicted octanol–water partition coefficient (Wildman–Crippen LogP) is 6.47. The van der Waals surface area contributed by atoms with Crippen LogP contribution in [0.2, 0.25) is 0 Å². The summed E-state index contributed by atoms with van der Waals surface area (Å²) in [6, 6.07) is -10.9. The zero-order valence-corrected chi connectivity index (χ0v) is 66.5. The number of carbonyl (C=O) groups excluding carboxylic acids is 12. The summed E-state index contributed by atoms with van der Waals surface area (Å²) in [7, 11) is 10.9. The van der Waals surface area contributed by atoms with Gasteiger partial charge in [0.25, 0.3) is 0 Å². The fourth-order valence-corrected chi connectivity index (χ4v) is 17.3. The van der Waals surface area contributed by atoms with E-state index in [2.05, 4.69) is 16.0 Å². The Morgan fingerprint density at radius 2 is 1.29 bits per heavy atom. The van der Waals surface area contributed by atoms with Gasteiger partial charge in [-0.15, -0.1) is 0 Å². The quantitative estimate of drug-likeness (QED) is 0.117. The topological polar surface area (TPSA) is 289 Å². The van der Waals surface area contributed by atoms with E-state index in [9.17, 15) is 50.3 Å². The van der Waals surface area contributed by atoms with E-state index in [1.165, 1.54) is 85.8 Å². The second kappa shape index (κ2) is 38.9. The molecule has 6 fully saturated rings. The minimum Gasteiger partial charge on any atom is -0.381 e. The van der Waals surface area contributed by atoms with Gasteiger partial charge in [-0.3, -0.25) is 57.5 Å². The van der Waals surface area contributed by atoms with Crippen molar-refractivity contribution in [1.29, 1.82) is 0 Å². The van der Waals surface area contributed by atoms with E-state index in [0.717, 1.165) is 14.7 Å². The Labute approximate surface area is 638 Å². The third-order valence-electron chi connectivity index (χ3n) is 24.7. The van der Waals surface area contributed by atoms with Crippen molar-refractivity contribution in [3.8, 4) is 0 Å². The predicted molar refractivity (Wildman–Crippen MR) is 391 cm³/mol. The van der Waals surface area contributed by atoms with Crippen molar-refractivity contribution >= 4 is 70.9 Å². The first-order chi connectivity index (χ1) is 51.2. The molecule has 12 amide bonds. The van der Waals surface area contributed by atoms with Crippen LogP contribution in [0.15, 0.2) is 12.2 Å². The summed E-state index contributed by atoms with van der Waals surface area (Å²) in [4.78, 5) is 193. The van der Waals surface area contributed by atoms with Crippen molar-refractivity contribution in [3.63, 3.8) is 0 Å². The smallest absolute Gasteiger partial charge is 0.381 e. The Bertz CT molecular complexity index is 3240. The first kappa shape index (κ1) is 89.1. The lowest BCUT2D eigenvalue weighted by Crippen LogP contribution is -2.68. The van der Waals surface area contributed by atoms with Gasteiger partial charge in [0.2, 0.25) is 70.9 Å². The lowest BCUT2D eigenvalue weighted by molar-refractivity contribution is -0.215. The van der Waals surface area contributed by atoms with Crippen LogP contribution in [0, 0.1) is 41.4 Å². The summed E-state index contributed by atoms with van der Waals surface area (Å²) in [6.07, 6.45) is -5.56. The third-order valence-corrected chi connectivity index (χ3v) is 24.7. The molecule has 0 aromatic carbocycles. The summed E-state index contributed by atoms with van der Waals surface area (Å²) in [6.45, 7) is 9.22. The molecule has 616 valence electrons. The van der Waals surface area contributed by atoms with E-state index in [0.29, 0.717) is 38.5 Å². The van der Waals surface area contributed by atoms with Gasteiger partial charge in [-0.25, -0.2) is 0 Å². The molecule has 4 aliphatic carbocycles. The van der Waals surface area contributed by atoms with Crippen molar-refractivity contribution in [2.75, 3.05) is 95.8 Å². The van der Waals surface area contributed by atoms with Crippen LogP contribution >= 0.6 is 0 Å². The molecule has 3 heterocycles. The second-order valence-electron chi connectivity index (χ2n) is 32.4. The Kier molecular flexibility index (Phi) is 31.8. The van der Waals surface area contributed by atoms with Gasteiger partial charge in [0.15, 0.2) is 0 Å². The largest absolute Gasteiger partial charge is 0.394 e. The van der Waals surface area contributed by atoms with Gasteiger partial charge < -0.3 is 69.5 Å². The maximum absolute atomic E-state index is 15.7. The van der Waals surface area contributed by atoms with Gasteiger partial charge in [0.1, 0.15) is 53.9 Å². The number of likely N-dealkylation sites (N-methyl/N-ethyl adjacent to an activating group) is 7. The molecule has 3 aliphatic heterocycles. The van der Waals surface area contributed by atoms with Gasteiger partial charge in [-0.2, -0.15) is 26.3 Å². The Morgan fingerprint density at radius 3 is 1.87 bits per heavy atom. The van der Waals surface area contributed by atoms with Crippen LogP contribution in [0.1, 0.15) is 189 Å². The molecule has 0 aromatic heterocycles. The SMILES string of the molecule is CCO[C@@H]1C[C@H]2C(=O)NC3(CCC3)C(=O)N(C)[C@@H](C3CCCC3)C(=O)N(C)[C@H](C(=O)N(C)CC)CC(=O)N(C)[C@@H](CC(C)C)C(=O)N[C@@H]([C@@H](C)CC)C(=O)N(C)CC(=O)N(C)[C@H]3C/C=C\CCN(C3=O)[C@@H](CC3CCC(C(F)(F)F)CC3)C(=O)N(C)CC(=O)N[C@@H](CCC3CCC(C(F)(F)F)C(OC)C3)C(=O)N2C1. The minimum atomic E-state index is -4.56. The highest BCUT2D eigenvalue weighted by molar-refractivity contribution is 6.01. The number of fused-ring (bicyclic) bond motifs is 3. The molecule has 0 aromatic rings. The van der Waals surface area contributed by atoms with Crippen molar-refractivity contribution in [2.24, 2.45) is 41.4 Å². The van der Waals surface area contributed by atoms with Crippen molar-refractivity contribution in [1.82, 2.24) is 60.0 Å². The Balaban J connectivity index is 1.33. The molecule has 0 radical (unpaired) electrons. The summed E-state index contributed by atoms with van der Waals surface area (Å²) >= 11 is 0. The van der Waals surface area contributed by atoms with Crippen LogP contribution in [0.25, 0.3) is 0 Å². The van der Waals surface area contributed by atoms with Crippen LogP contribution in [-0.2, 0) is 67.0 Å². The van der Waals surface area contributed by atoms with Crippen LogP contribution < -0.4 is 16.0 Å². The van der Waals surface area contributed by atoms with Crippen molar-refractivity contribution in [2.45, 2.75) is 268 Å². The van der Waals surface area contributed by atoms with Crippen molar-refractivity contribution < 1.29 is 93.4 Å². The standard InChI is InChI=1S/C77H122F6N12O14/c1-15-47(6)64-72(105)89(9)45-63(98)90(10)55-26-19-18-22-37-94(71(55)104)59(39-48-27-31-51(32-28-48)76(78,79)80)70(103)88(8)44-61(96)84-54(34-30-49-29-33-53(77(81,82)83)60(40-49)108-14)68(101)95-43-52(109-17-3)41-57(95)67(100)86-75(35-23-36-75)74(107)93(13)65(50-24-20-21-25-50)73(106)92(12)58(69(102)87(7)16-2)42-62(97)91(11)56(38-46(4)5)66(99)85-64/h18-19,46-60,64-65H,15-17,20-45H2,1-14H3,(H,84,96)(H,85,99)(H,86,100)/b19-18-/t47-,48?,49?,51?,52+,53?,54-,55-,56-,57-,58-,59-,60?,64-,65-/m0/s1. The summed E-state index contributed by atoms with van der Waals surface area (Å²) in [5, 5.41) is 8.67. The average molecular weight is 1550 g/mol. The Morgan fingerprint density at radius 1 is 0.651 bits per heavy atom. The lowest BCUT2D eigenvalue weighted by atomic mass is 9.74. The molecule has 32 heteroatoms. The van der Waals surface area contributed by atoms with Crippen molar-refractivity contribution in [3.05, 3.63) is 12.2 Å². The second-order valence-corrected chi connectivity index (χ2v) is 32.4. The van der Waals surface area contributed by atoms with E-state index >= 15 is 33.6 Å². The highest BCUT2D eigenvalue weighted by Crippen LogP contribution is 2.45. The number of nitrogens with one attached hydrogen (secondary N) is 3. The molecule has 13 atom stereocenters. The number of hydrogen-bond donors (Lipinski definition) is 3. The molecule has 1 spiro atoms. The molecule has 7 aliphatic rings. The maximum Gasteiger partial charge on any atom is 0.394 e. The fourth-order valence-electron chi connectivity index (χ4n) is 17.3. The number of methoxy groups -OCH3 is 1. The maximum atomic E-state index is 15.7. The van der Waals surface area contributed by atoms with Crippen LogP contribution in [0.4, 0.5) is 26.3 Å². The summed E-state index contributed by atoms with van der Waals surface area (Å²) in [5.41, 5.74) is -1.63. The molecule has 3 N–H and O–H groups in total. The van der Waals surface area contributed by atoms with E-state index in [4.69, 9.17) is 9.47 Å². The number of halogens is 6. The summed E-state index contributed by atoms with van der Waals surface area (Å²) in [5.74, 6) is -14.3. The zero-order valence-electron chi connectivity index (χ0n) is 66.5. The Hall–Kier alpha value is -7.12. The first-order valence-corrected chi connectivity index (χ1v) is 39.5. The molecule has 2 saturated heterocycles. The molecular formula is C77H122F6N12O14. The number of carbonyl (C=O) groups is 12. The van der Waals surface area contributed by atoms with E-state index in [1.54, 1.807) is 39.8 Å². The van der Waals surface area contributed by atoms with E-state index in [1.807, 2.05) is 13.8 Å². The number of alkyl halides is 6. The molecule has 4 saturated carbocycles. The average Bonchev–Trinajstić information content (AvgIpc) is 1.69. The van der Waals surface area contributed by atoms with Gasteiger partial charge in [0.05, 0.1) is 43.6 Å². The summed E-state index contributed by atoms with van der Waals surface area (Å²) < 4.78 is 96.9. The van der Waals surface area contributed by atoms with E-state index < -0.39 is 204 Å². The van der Waals surface area contributed by atoms with E-state index in [-0.39, 0.29) is 135 Å².